The molecule has 0 amide bonds. The normalized spacial score (nSPS) is 17.6. The van der Waals surface area contributed by atoms with E-state index in [-0.39, 0.29) is 23.9 Å². The number of nitrogens with one attached hydrogen (secondary N) is 1. The predicted molar refractivity (Wildman–Crippen MR) is 120 cm³/mol. The summed E-state index contributed by atoms with van der Waals surface area (Å²) in [7, 11) is -1.37. The molecule has 0 aliphatic heterocycles. The van der Waals surface area contributed by atoms with E-state index in [9.17, 15) is 0 Å². The third-order valence-corrected chi connectivity index (χ3v) is 7.92. The van der Waals surface area contributed by atoms with Crippen molar-refractivity contribution in [3.63, 3.8) is 0 Å². The fraction of sp³-hybridized carbons (Fsp3) is 1.00. The van der Waals surface area contributed by atoms with E-state index in [0.717, 1.165) is 12.8 Å². The molecule has 0 aromatic carbocycles. The molecule has 4 atom stereocenters. The Morgan fingerprint density at radius 3 is 1.33 bits per heavy atom. The summed E-state index contributed by atoms with van der Waals surface area (Å²) in [6.07, 6.45) is 7.45. The van der Waals surface area contributed by atoms with Gasteiger partial charge in [0.05, 0.1) is 11.5 Å². The minimum absolute atomic E-state index is 0.0374. The Morgan fingerprint density at radius 2 is 1.04 bits per heavy atom. The molecule has 0 rings (SSSR count). The van der Waals surface area contributed by atoms with Crippen molar-refractivity contribution in [2.75, 3.05) is 0 Å². The minimum atomic E-state index is -0.686. The molecule has 27 heavy (non-hydrogen) atoms. The summed E-state index contributed by atoms with van der Waals surface area (Å²) < 4.78 is 24.3. The van der Waals surface area contributed by atoms with Crippen LogP contribution >= 0.6 is 0 Å². The SMILES string of the molecule is CCCCC(OC(C)NC(C)OC(CCCC)[SiH2]OC(C)C)[SiH2]OC(C)C. The molecule has 0 radical (unpaired) electrons. The molecule has 0 aromatic rings. The molecule has 0 bridgehead atoms. The highest BCUT2D eigenvalue weighted by molar-refractivity contribution is 6.29. The lowest BCUT2D eigenvalue weighted by Crippen LogP contribution is -2.44. The van der Waals surface area contributed by atoms with Crippen molar-refractivity contribution < 1.29 is 18.3 Å². The quantitative estimate of drug-likeness (QED) is 0.272. The van der Waals surface area contributed by atoms with Crippen molar-refractivity contribution in [1.82, 2.24) is 5.32 Å². The van der Waals surface area contributed by atoms with Crippen molar-refractivity contribution in [1.29, 1.82) is 0 Å². The summed E-state index contributed by atoms with van der Waals surface area (Å²) in [6, 6.07) is 0. The second-order valence-electron chi connectivity index (χ2n) is 8.02. The first-order valence-electron chi connectivity index (χ1n) is 11.1. The maximum atomic E-state index is 6.26. The molecule has 4 unspecified atom stereocenters. The zero-order chi connectivity index (χ0) is 20.7. The molecule has 0 fully saturated rings. The standard InChI is InChI=1S/C20H47NO4Si2/c1-9-11-13-19(26-24-15(3)4)22-17(7)21-18(8)23-20(14-12-10-2)27-25-16(5)6/h15-21H,9-14,26-27H2,1-8H3. The number of rotatable bonds is 18. The molecule has 5 nitrogen and oxygen atoms in total. The average molecular weight is 422 g/mol. The van der Waals surface area contributed by atoms with Crippen molar-refractivity contribution in [3.05, 3.63) is 0 Å². The Hall–Kier alpha value is 0.234. The van der Waals surface area contributed by atoms with E-state index in [4.69, 9.17) is 18.3 Å². The summed E-state index contributed by atoms with van der Waals surface area (Å²) in [5.41, 5.74) is 0.521. The molecular formula is C20H47NO4Si2. The van der Waals surface area contributed by atoms with Crippen LogP contribution in [0.3, 0.4) is 0 Å². The number of ether oxygens (including phenoxy) is 2. The maximum absolute atomic E-state index is 6.26. The average Bonchev–Trinajstić information content (AvgIpc) is 2.59. The third kappa shape index (κ3) is 16.9. The van der Waals surface area contributed by atoms with E-state index in [2.05, 4.69) is 60.7 Å². The van der Waals surface area contributed by atoms with E-state index in [0.29, 0.717) is 12.2 Å². The van der Waals surface area contributed by atoms with Gasteiger partial charge in [-0.3, -0.25) is 5.32 Å². The Morgan fingerprint density at radius 1 is 0.667 bits per heavy atom. The highest BCUT2D eigenvalue weighted by Crippen LogP contribution is 2.10. The van der Waals surface area contributed by atoms with Gasteiger partial charge in [0.2, 0.25) is 0 Å². The van der Waals surface area contributed by atoms with Crippen LogP contribution in [0.1, 0.15) is 93.9 Å². The van der Waals surface area contributed by atoms with Gasteiger partial charge in [-0.2, -0.15) is 0 Å². The van der Waals surface area contributed by atoms with Gasteiger partial charge < -0.3 is 18.3 Å². The Kier molecular flexibility index (Phi) is 17.3. The van der Waals surface area contributed by atoms with Gasteiger partial charge in [0, 0.05) is 12.2 Å². The molecule has 164 valence electrons. The van der Waals surface area contributed by atoms with Crippen LogP contribution in [-0.4, -0.2) is 55.6 Å². The predicted octanol–water partition coefficient (Wildman–Crippen LogP) is 3.35. The first-order valence-corrected chi connectivity index (χ1v) is 13.9. The van der Waals surface area contributed by atoms with E-state index < -0.39 is 19.5 Å². The van der Waals surface area contributed by atoms with E-state index in [1.165, 1.54) is 25.7 Å². The fourth-order valence-corrected chi connectivity index (χ4v) is 5.68. The molecule has 0 heterocycles. The maximum Gasteiger partial charge on any atom is 0.190 e. The molecule has 0 saturated heterocycles. The van der Waals surface area contributed by atoms with Crippen molar-refractivity contribution in [2.24, 2.45) is 0 Å². The highest BCUT2D eigenvalue weighted by atomic mass is 28.2. The van der Waals surface area contributed by atoms with Gasteiger partial charge in [0.1, 0.15) is 12.5 Å². The molecule has 0 aliphatic rings. The summed E-state index contributed by atoms with van der Waals surface area (Å²) in [6.45, 7) is 17.0. The summed E-state index contributed by atoms with van der Waals surface area (Å²) in [5.74, 6) is 0. The first-order chi connectivity index (χ1) is 12.8. The lowest BCUT2D eigenvalue weighted by atomic mass is 10.2. The fourth-order valence-electron chi connectivity index (χ4n) is 2.83. The van der Waals surface area contributed by atoms with Gasteiger partial charge in [0.25, 0.3) is 0 Å². The summed E-state index contributed by atoms with van der Waals surface area (Å²) >= 11 is 0. The smallest absolute Gasteiger partial charge is 0.190 e. The van der Waals surface area contributed by atoms with Crippen LogP contribution in [-0.2, 0) is 18.3 Å². The van der Waals surface area contributed by atoms with Gasteiger partial charge in [0.15, 0.2) is 19.5 Å². The lowest BCUT2D eigenvalue weighted by Gasteiger charge is -2.28. The number of unbranched alkanes of at least 4 members (excludes halogenated alkanes) is 2. The summed E-state index contributed by atoms with van der Waals surface area (Å²) in [4.78, 5) is 0. The van der Waals surface area contributed by atoms with Crippen LogP contribution in [0.5, 0.6) is 0 Å². The molecule has 1 N–H and O–H groups in total. The molecule has 0 aliphatic carbocycles. The van der Waals surface area contributed by atoms with Crippen LogP contribution in [0, 0.1) is 0 Å². The van der Waals surface area contributed by atoms with Crippen molar-refractivity contribution in [2.45, 2.75) is 130 Å². The van der Waals surface area contributed by atoms with Crippen LogP contribution in [0.25, 0.3) is 0 Å². The Bertz CT molecular complexity index is 305. The Balaban J connectivity index is 4.42. The van der Waals surface area contributed by atoms with Crippen molar-refractivity contribution >= 4 is 19.5 Å². The number of hydrogen-bond donors (Lipinski definition) is 1. The second-order valence-corrected chi connectivity index (χ2v) is 11.2. The zero-order valence-corrected chi connectivity index (χ0v) is 22.1. The van der Waals surface area contributed by atoms with Crippen LogP contribution in [0.4, 0.5) is 0 Å². The largest absolute Gasteiger partial charge is 0.419 e. The van der Waals surface area contributed by atoms with Gasteiger partial charge in [-0.15, -0.1) is 0 Å². The van der Waals surface area contributed by atoms with Crippen LogP contribution in [0.2, 0.25) is 0 Å². The van der Waals surface area contributed by atoms with Gasteiger partial charge in [-0.25, -0.2) is 0 Å². The van der Waals surface area contributed by atoms with E-state index in [1.54, 1.807) is 0 Å². The highest BCUT2D eigenvalue weighted by Gasteiger charge is 2.19. The van der Waals surface area contributed by atoms with E-state index >= 15 is 0 Å². The zero-order valence-electron chi connectivity index (χ0n) is 19.3. The molecule has 0 aromatic heterocycles. The minimum Gasteiger partial charge on any atom is -0.419 e. The topological polar surface area (TPSA) is 49.0 Å². The third-order valence-electron chi connectivity index (χ3n) is 4.25. The van der Waals surface area contributed by atoms with Gasteiger partial charge in [-0.05, 0) is 54.4 Å². The van der Waals surface area contributed by atoms with Crippen LogP contribution < -0.4 is 5.32 Å². The summed E-state index contributed by atoms with van der Waals surface area (Å²) in [5, 5.41) is 3.46. The first kappa shape index (κ1) is 27.2. The van der Waals surface area contributed by atoms with Crippen LogP contribution in [0.15, 0.2) is 0 Å². The lowest BCUT2D eigenvalue weighted by molar-refractivity contribution is -0.0591. The monoisotopic (exact) mass is 421 g/mol. The molecule has 0 spiro atoms. The van der Waals surface area contributed by atoms with E-state index in [1.807, 2.05) is 0 Å². The molecular weight excluding hydrogens is 374 g/mol. The van der Waals surface area contributed by atoms with Gasteiger partial charge in [-0.1, -0.05) is 39.5 Å². The number of hydrogen-bond acceptors (Lipinski definition) is 5. The molecule has 7 heteroatoms. The van der Waals surface area contributed by atoms with Gasteiger partial charge >= 0.3 is 0 Å². The second kappa shape index (κ2) is 17.1. The van der Waals surface area contributed by atoms with Crippen molar-refractivity contribution in [3.8, 4) is 0 Å². The molecule has 0 saturated carbocycles. The Labute approximate surface area is 173 Å².